The fourth-order valence-corrected chi connectivity index (χ4v) is 4.16. The molecule has 0 aliphatic heterocycles. The first-order valence-electron chi connectivity index (χ1n) is 9.39. The highest BCUT2D eigenvalue weighted by molar-refractivity contribution is 6.02. The van der Waals surface area contributed by atoms with E-state index >= 15 is 0 Å². The van der Waals surface area contributed by atoms with E-state index in [0.29, 0.717) is 29.4 Å². The average Bonchev–Trinajstić information content (AvgIpc) is 3.05. The predicted molar refractivity (Wildman–Crippen MR) is 108 cm³/mol. The Balaban J connectivity index is 1.68. The molecule has 2 heterocycles. The number of pyridine rings is 1. The fourth-order valence-electron chi connectivity index (χ4n) is 4.16. The molecule has 5 rings (SSSR count). The maximum atomic E-state index is 13.2. The van der Waals surface area contributed by atoms with Crippen molar-refractivity contribution in [3.8, 4) is 5.69 Å². The van der Waals surface area contributed by atoms with E-state index in [4.69, 9.17) is 0 Å². The Kier molecular flexibility index (Phi) is 3.76. The fraction of sp³-hybridized carbons (Fsp3) is 0.174. The number of rotatable bonds is 2. The van der Waals surface area contributed by atoms with Crippen LogP contribution >= 0.6 is 0 Å². The van der Waals surface area contributed by atoms with Gasteiger partial charge in [0, 0.05) is 18.2 Å². The molecule has 2 aromatic carbocycles. The monoisotopic (exact) mass is 369 g/mol. The molecule has 0 fully saturated rings. The lowest BCUT2D eigenvalue weighted by molar-refractivity contribution is 0.0964. The molecule has 5 nitrogen and oxygen atoms in total. The van der Waals surface area contributed by atoms with Crippen LogP contribution in [0.5, 0.6) is 0 Å². The number of nitrogens with zero attached hydrogens (tertiary/aromatic N) is 2. The van der Waals surface area contributed by atoms with Crippen LogP contribution in [0.25, 0.3) is 16.7 Å². The van der Waals surface area contributed by atoms with Crippen molar-refractivity contribution in [1.29, 1.82) is 0 Å². The van der Waals surface area contributed by atoms with Gasteiger partial charge in [0.15, 0.2) is 11.4 Å². The number of carbonyl (C=O) groups excluding carboxylic acids is 1. The van der Waals surface area contributed by atoms with Gasteiger partial charge in [0.25, 0.3) is 5.56 Å². The molecule has 28 heavy (non-hydrogen) atoms. The van der Waals surface area contributed by atoms with Crippen molar-refractivity contribution in [2.45, 2.75) is 25.7 Å². The highest BCUT2D eigenvalue weighted by Crippen LogP contribution is 2.35. The van der Waals surface area contributed by atoms with E-state index < -0.39 is 0 Å². The van der Waals surface area contributed by atoms with Gasteiger partial charge in [-0.25, -0.2) is 9.67 Å². The normalized spacial score (nSPS) is 16.3. The number of hydrogen-bond acceptors (Lipinski definition) is 3. The zero-order valence-electron chi connectivity index (χ0n) is 15.5. The van der Waals surface area contributed by atoms with Crippen LogP contribution in [0.15, 0.2) is 65.6 Å². The molecule has 0 spiro atoms. The molecule has 1 N–H and O–H groups in total. The second-order valence-electron chi connectivity index (χ2n) is 7.40. The number of benzene rings is 2. The van der Waals surface area contributed by atoms with Gasteiger partial charge in [-0.3, -0.25) is 14.7 Å². The van der Waals surface area contributed by atoms with Gasteiger partial charge in [-0.2, -0.15) is 0 Å². The van der Waals surface area contributed by atoms with Gasteiger partial charge in [-0.05, 0) is 42.5 Å². The van der Waals surface area contributed by atoms with Crippen molar-refractivity contribution in [3.63, 3.8) is 0 Å². The maximum absolute atomic E-state index is 13.2. The van der Waals surface area contributed by atoms with E-state index in [-0.39, 0.29) is 17.3 Å². The minimum atomic E-state index is -0.164. The molecule has 5 heteroatoms. The van der Waals surface area contributed by atoms with Gasteiger partial charge in [-0.1, -0.05) is 48.0 Å². The molecule has 0 saturated heterocycles. The molecule has 138 valence electrons. The summed E-state index contributed by atoms with van der Waals surface area (Å²) in [5, 5.41) is 3.61. The first kappa shape index (κ1) is 16.7. The summed E-state index contributed by atoms with van der Waals surface area (Å²) in [5.74, 6) is 0.124. The molecule has 0 amide bonds. The van der Waals surface area contributed by atoms with Crippen molar-refractivity contribution in [2.75, 3.05) is 0 Å². The molecule has 4 aromatic rings. The Morgan fingerprint density at radius 3 is 2.64 bits per heavy atom. The summed E-state index contributed by atoms with van der Waals surface area (Å²) in [4.78, 5) is 30.4. The van der Waals surface area contributed by atoms with E-state index in [1.54, 1.807) is 6.20 Å². The maximum Gasteiger partial charge on any atom is 0.281 e. The lowest BCUT2D eigenvalue weighted by Crippen LogP contribution is -2.22. The minimum Gasteiger partial charge on any atom is -0.294 e. The third-order valence-corrected chi connectivity index (χ3v) is 5.53. The Labute approximate surface area is 161 Å². The second kappa shape index (κ2) is 6.30. The van der Waals surface area contributed by atoms with E-state index in [1.165, 1.54) is 10.2 Å². The summed E-state index contributed by atoms with van der Waals surface area (Å²) >= 11 is 0. The van der Waals surface area contributed by atoms with Crippen LogP contribution in [-0.4, -0.2) is 20.5 Å². The number of aromatic nitrogens is 3. The van der Waals surface area contributed by atoms with Crippen molar-refractivity contribution in [1.82, 2.24) is 14.8 Å². The van der Waals surface area contributed by atoms with E-state index in [1.807, 2.05) is 36.4 Å². The molecular formula is C23H19N3O2. The molecule has 0 unspecified atom stereocenters. The zero-order chi connectivity index (χ0) is 19.3. The molecule has 0 bridgehead atoms. The molecule has 0 radical (unpaired) electrons. The lowest BCUT2D eigenvalue weighted by atomic mass is 9.79. The van der Waals surface area contributed by atoms with Crippen LogP contribution in [0.1, 0.15) is 39.4 Å². The zero-order valence-corrected chi connectivity index (χ0v) is 15.5. The Morgan fingerprint density at radius 1 is 1.04 bits per heavy atom. The van der Waals surface area contributed by atoms with Gasteiger partial charge in [0.1, 0.15) is 0 Å². The van der Waals surface area contributed by atoms with Gasteiger partial charge < -0.3 is 0 Å². The SMILES string of the molecule is Cc1cccc([C@H]2CC(=O)c3cnc4[nH]n(-c5ccccc5)c(=O)c4c3C2)c1. The number of Topliss-reactive ketones (excluding diaryl/α,β-unsaturated/α-hetero) is 1. The number of aromatic amines is 1. The highest BCUT2D eigenvalue weighted by atomic mass is 16.1. The van der Waals surface area contributed by atoms with E-state index in [2.05, 4.69) is 35.2 Å². The first-order valence-corrected chi connectivity index (χ1v) is 9.39. The summed E-state index contributed by atoms with van der Waals surface area (Å²) in [7, 11) is 0. The van der Waals surface area contributed by atoms with Crippen LogP contribution in [0.3, 0.4) is 0 Å². The van der Waals surface area contributed by atoms with Crippen LogP contribution in [0.4, 0.5) is 0 Å². The third kappa shape index (κ3) is 2.59. The van der Waals surface area contributed by atoms with E-state index in [0.717, 1.165) is 16.8 Å². The number of nitrogens with one attached hydrogen (secondary N) is 1. The molecular weight excluding hydrogens is 350 g/mol. The van der Waals surface area contributed by atoms with Crippen molar-refractivity contribution in [2.24, 2.45) is 0 Å². The number of H-pyrrole nitrogens is 1. The molecule has 1 atom stereocenters. The van der Waals surface area contributed by atoms with Crippen LogP contribution in [0, 0.1) is 6.92 Å². The largest absolute Gasteiger partial charge is 0.294 e. The van der Waals surface area contributed by atoms with Crippen LogP contribution < -0.4 is 5.56 Å². The van der Waals surface area contributed by atoms with Crippen LogP contribution in [0.2, 0.25) is 0 Å². The predicted octanol–water partition coefficient (Wildman–Crippen LogP) is 3.93. The Hall–Kier alpha value is -3.47. The summed E-state index contributed by atoms with van der Waals surface area (Å²) in [6.07, 6.45) is 2.71. The summed E-state index contributed by atoms with van der Waals surface area (Å²) < 4.78 is 1.50. The Morgan fingerprint density at radius 2 is 1.86 bits per heavy atom. The number of carbonyl (C=O) groups is 1. The highest BCUT2D eigenvalue weighted by Gasteiger charge is 2.30. The summed E-state index contributed by atoms with van der Waals surface area (Å²) in [6, 6.07) is 17.7. The van der Waals surface area contributed by atoms with Gasteiger partial charge in [0.2, 0.25) is 0 Å². The van der Waals surface area contributed by atoms with Crippen molar-refractivity contribution < 1.29 is 4.79 Å². The molecule has 2 aromatic heterocycles. The molecule has 1 aliphatic rings. The minimum absolute atomic E-state index is 0.0500. The van der Waals surface area contributed by atoms with Crippen molar-refractivity contribution in [3.05, 3.63) is 93.4 Å². The molecule has 0 saturated carbocycles. The smallest absolute Gasteiger partial charge is 0.281 e. The van der Waals surface area contributed by atoms with Gasteiger partial charge >= 0.3 is 0 Å². The van der Waals surface area contributed by atoms with Gasteiger partial charge in [-0.15, -0.1) is 0 Å². The quantitative estimate of drug-likeness (QED) is 0.582. The Bertz CT molecular complexity index is 1270. The van der Waals surface area contributed by atoms with Crippen molar-refractivity contribution >= 4 is 16.8 Å². The lowest BCUT2D eigenvalue weighted by Gasteiger charge is -2.24. The third-order valence-electron chi connectivity index (χ3n) is 5.53. The number of para-hydroxylation sites is 1. The first-order chi connectivity index (χ1) is 13.6. The second-order valence-corrected chi connectivity index (χ2v) is 7.40. The number of aryl methyl sites for hydroxylation is 1. The van der Waals surface area contributed by atoms with E-state index in [9.17, 15) is 9.59 Å². The number of ketones is 1. The van der Waals surface area contributed by atoms with Crippen LogP contribution in [-0.2, 0) is 6.42 Å². The topological polar surface area (TPSA) is 67.8 Å². The van der Waals surface area contributed by atoms with Gasteiger partial charge in [0.05, 0.1) is 11.1 Å². The number of hydrogen-bond donors (Lipinski definition) is 1. The average molecular weight is 369 g/mol. The standard InChI is InChI=1S/C23H19N3O2/c1-14-6-5-7-15(10-14)16-11-18-19(20(27)12-16)13-24-22-21(18)23(28)26(25-22)17-8-3-2-4-9-17/h2-10,13,16H,11-12H2,1H3,(H,24,25)/t16-/m1/s1. The molecule has 1 aliphatic carbocycles. The number of fused-ring (bicyclic) bond motifs is 3. The summed E-state index contributed by atoms with van der Waals surface area (Å²) in [5.41, 5.74) is 4.80. The summed E-state index contributed by atoms with van der Waals surface area (Å²) in [6.45, 7) is 2.05.